The van der Waals surface area contributed by atoms with Crippen LogP contribution in [0.15, 0.2) is 36.5 Å². The minimum absolute atomic E-state index is 0.172. The van der Waals surface area contributed by atoms with Crippen LogP contribution < -0.4 is 0 Å². The predicted molar refractivity (Wildman–Crippen MR) is 243 cm³/mol. The second-order valence-corrected chi connectivity index (χ2v) is 18.2. The van der Waals surface area contributed by atoms with Crippen LogP contribution in [0.5, 0.6) is 0 Å². The van der Waals surface area contributed by atoms with Gasteiger partial charge in [0.05, 0.1) is 25.9 Å². The highest BCUT2D eigenvalue weighted by Gasteiger charge is 2.27. The van der Waals surface area contributed by atoms with Crippen LogP contribution in [0.4, 0.5) is 0 Å². The number of unbranched alkanes of at least 4 members (excludes halogenated alkanes) is 22. The van der Waals surface area contributed by atoms with E-state index in [0.29, 0.717) is 19.3 Å². The van der Waals surface area contributed by atoms with Gasteiger partial charge in [-0.15, -0.1) is 0 Å². The fourth-order valence-corrected chi connectivity index (χ4v) is 7.42. The molecule has 4 atom stereocenters. The summed E-state index contributed by atoms with van der Waals surface area (Å²) in [6.45, 7) is 4.51. The standard InChI is InChI=1S/C48H89O11P/c1-4-5-29-35-44(50)36-31-26-22-18-16-20-23-27-32-37-47(52)56-41-46(42-58-60(54,55)57-40-45(51)39-49)59-48(53)38-33-28-24-19-15-13-11-9-7-6-8-10-12-14-17-21-25-30-34-43(2)3/h5,22,26,29,31,36,43-46,49-51H,4,6-21,23-25,27-28,30,32-35,37-42H2,1-3H3,(H,54,55)/b26-22+,29-5+,36-31+/t44?,45-,46+/m0/s1. The number of hydrogen-bond acceptors (Lipinski definition) is 10. The molecule has 0 aromatic rings. The van der Waals surface area contributed by atoms with E-state index in [4.69, 9.17) is 23.6 Å². The quantitative estimate of drug-likeness (QED) is 0.0151. The maximum atomic E-state index is 12.7. The topological polar surface area (TPSA) is 169 Å². The molecule has 2 unspecified atom stereocenters. The largest absolute Gasteiger partial charge is 0.472 e. The van der Waals surface area contributed by atoms with Gasteiger partial charge in [0.1, 0.15) is 12.7 Å². The fraction of sp³-hybridized carbons (Fsp3) is 0.833. The highest BCUT2D eigenvalue weighted by Crippen LogP contribution is 2.43. The zero-order valence-electron chi connectivity index (χ0n) is 38.2. The van der Waals surface area contributed by atoms with Crippen LogP contribution >= 0.6 is 7.82 Å². The Bertz CT molecular complexity index is 1130. The lowest BCUT2D eigenvalue weighted by atomic mass is 10.0. The van der Waals surface area contributed by atoms with Gasteiger partial charge in [0.25, 0.3) is 0 Å². The number of phosphoric acid groups is 1. The first kappa shape index (κ1) is 58.1. The number of allylic oxidation sites excluding steroid dienone is 4. The van der Waals surface area contributed by atoms with E-state index in [0.717, 1.165) is 63.7 Å². The molecule has 0 aromatic heterocycles. The molecule has 0 saturated carbocycles. The maximum absolute atomic E-state index is 12.7. The van der Waals surface area contributed by atoms with Crippen LogP contribution in [0.2, 0.25) is 0 Å². The van der Waals surface area contributed by atoms with Gasteiger partial charge < -0.3 is 29.7 Å². The van der Waals surface area contributed by atoms with E-state index < -0.39 is 57.9 Å². The van der Waals surface area contributed by atoms with E-state index in [1.54, 1.807) is 6.08 Å². The van der Waals surface area contributed by atoms with E-state index in [9.17, 15) is 29.3 Å². The molecule has 12 heteroatoms. The number of esters is 2. The van der Waals surface area contributed by atoms with Crippen molar-refractivity contribution in [1.82, 2.24) is 0 Å². The minimum Gasteiger partial charge on any atom is -0.462 e. The third-order valence-electron chi connectivity index (χ3n) is 10.3. The van der Waals surface area contributed by atoms with Crippen molar-refractivity contribution in [2.24, 2.45) is 5.92 Å². The summed E-state index contributed by atoms with van der Waals surface area (Å²) in [5, 5.41) is 28.2. The first-order valence-electron chi connectivity index (χ1n) is 23.9. The van der Waals surface area contributed by atoms with Crippen molar-refractivity contribution in [3.8, 4) is 0 Å². The summed E-state index contributed by atoms with van der Waals surface area (Å²) in [6.07, 6.45) is 40.2. The molecule has 0 radical (unpaired) electrons. The Balaban J connectivity index is 4.24. The van der Waals surface area contributed by atoms with E-state index >= 15 is 0 Å². The van der Waals surface area contributed by atoms with E-state index in [-0.39, 0.29) is 19.4 Å². The molecule has 11 nitrogen and oxygen atoms in total. The number of aliphatic hydroxyl groups excluding tert-OH is 3. The molecule has 0 aromatic carbocycles. The fourth-order valence-electron chi connectivity index (χ4n) is 6.63. The molecule has 0 aliphatic rings. The predicted octanol–water partition coefficient (Wildman–Crippen LogP) is 11.9. The number of hydrogen-bond donors (Lipinski definition) is 4. The number of ether oxygens (including phenoxy) is 2. The molecule has 0 saturated heterocycles. The van der Waals surface area contributed by atoms with Crippen LogP contribution in [0.1, 0.15) is 207 Å². The van der Waals surface area contributed by atoms with Crippen LogP contribution in [0.3, 0.4) is 0 Å². The SMILES string of the molecule is CC/C=C/CC(O)/C=C/C=C/CCCCCCCC(=O)OC[C@H](COP(=O)(O)OC[C@@H](O)CO)OC(=O)CCCCCCCCCCCCCCCCCCCCC(C)C. The number of phosphoric ester groups is 1. The molecule has 0 aliphatic heterocycles. The van der Waals surface area contributed by atoms with Crippen LogP contribution in [-0.4, -0.2) is 76.9 Å². The van der Waals surface area contributed by atoms with E-state index in [2.05, 4.69) is 26.8 Å². The van der Waals surface area contributed by atoms with Crippen molar-refractivity contribution < 1.29 is 52.9 Å². The van der Waals surface area contributed by atoms with E-state index in [1.165, 1.54) is 96.3 Å². The molecule has 352 valence electrons. The Morgan fingerprint density at radius 3 is 1.60 bits per heavy atom. The molecule has 0 spiro atoms. The lowest BCUT2D eigenvalue weighted by Gasteiger charge is -2.20. The van der Waals surface area contributed by atoms with Crippen molar-refractivity contribution in [3.63, 3.8) is 0 Å². The highest BCUT2D eigenvalue weighted by atomic mass is 31.2. The van der Waals surface area contributed by atoms with Crippen LogP contribution in [0.25, 0.3) is 0 Å². The Labute approximate surface area is 365 Å². The highest BCUT2D eigenvalue weighted by molar-refractivity contribution is 7.47. The maximum Gasteiger partial charge on any atom is 0.472 e. The average molecular weight is 873 g/mol. The number of aliphatic hydroxyl groups is 3. The van der Waals surface area contributed by atoms with Crippen LogP contribution in [-0.2, 0) is 32.7 Å². The van der Waals surface area contributed by atoms with Gasteiger partial charge in [-0.3, -0.25) is 18.6 Å². The zero-order chi connectivity index (χ0) is 44.4. The molecule has 0 aliphatic carbocycles. The second kappa shape index (κ2) is 42.5. The van der Waals surface area contributed by atoms with Gasteiger partial charge in [-0.05, 0) is 44.4 Å². The van der Waals surface area contributed by atoms with Gasteiger partial charge >= 0.3 is 19.8 Å². The lowest BCUT2D eigenvalue weighted by Crippen LogP contribution is -2.29. The monoisotopic (exact) mass is 873 g/mol. The van der Waals surface area contributed by atoms with Gasteiger partial charge in [-0.2, -0.15) is 0 Å². The number of carbonyl (C=O) groups is 2. The molecule has 0 heterocycles. The smallest absolute Gasteiger partial charge is 0.462 e. The first-order valence-corrected chi connectivity index (χ1v) is 25.4. The van der Waals surface area contributed by atoms with Gasteiger partial charge in [-0.1, -0.05) is 192 Å². The van der Waals surface area contributed by atoms with Crippen molar-refractivity contribution in [1.29, 1.82) is 0 Å². The molecule has 0 rings (SSSR count). The van der Waals surface area contributed by atoms with Crippen molar-refractivity contribution >= 4 is 19.8 Å². The van der Waals surface area contributed by atoms with E-state index in [1.807, 2.05) is 24.3 Å². The molecule has 4 N–H and O–H groups in total. The Kier molecular flexibility index (Phi) is 41.1. The van der Waals surface area contributed by atoms with Crippen molar-refractivity contribution in [2.45, 2.75) is 225 Å². The summed E-state index contributed by atoms with van der Waals surface area (Å²) in [6, 6.07) is 0. The molecule has 0 bridgehead atoms. The van der Waals surface area contributed by atoms with Gasteiger partial charge in [0.15, 0.2) is 6.10 Å². The summed E-state index contributed by atoms with van der Waals surface area (Å²) in [5.41, 5.74) is 0. The first-order chi connectivity index (χ1) is 29.0. The second-order valence-electron chi connectivity index (χ2n) is 16.8. The molecular weight excluding hydrogens is 783 g/mol. The summed E-state index contributed by atoms with van der Waals surface area (Å²) in [7, 11) is -4.64. The number of rotatable bonds is 44. The molecule has 0 fully saturated rings. The Morgan fingerprint density at radius 1 is 0.600 bits per heavy atom. The minimum atomic E-state index is -4.64. The summed E-state index contributed by atoms with van der Waals surface area (Å²) in [4.78, 5) is 35.1. The van der Waals surface area contributed by atoms with Crippen molar-refractivity contribution in [2.75, 3.05) is 26.4 Å². The lowest BCUT2D eigenvalue weighted by molar-refractivity contribution is -0.161. The normalized spacial score (nSPS) is 14.7. The van der Waals surface area contributed by atoms with Gasteiger partial charge in [-0.25, -0.2) is 4.57 Å². The van der Waals surface area contributed by atoms with Gasteiger partial charge in [0, 0.05) is 12.8 Å². The molecule has 60 heavy (non-hydrogen) atoms. The molecule has 0 amide bonds. The Morgan fingerprint density at radius 2 is 1.08 bits per heavy atom. The van der Waals surface area contributed by atoms with Crippen molar-refractivity contribution in [3.05, 3.63) is 36.5 Å². The van der Waals surface area contributed by atoms with Gasteiger partial charge in [0.2, 0.25) is 0 Å². The average Bonchev–Trinajstić information content (AvgIpc) is 3.22. The Hall–Kier alpha value is -1.85. The summed E-state index contributed by atoms with van der Waals surface area (Å²) in [5.74, 6) is -0.134. The third-order valence-corrected chi connectivity index (χ3v) is 11.3. The molecular formula is C48H89O11P. The summed E-state index contributed by atoms with van der Waals surface area (Å²) < 4.78 is 32.8. The third kappa shape index (κ3) is 42.8. The number of carbonyl (C=O) groups excluding carboxylic acids is 2. The zero-order valence-corrected chi connectivity index (χ0v) is 39.1. The summed E-state index contributed by atoms with van der Waals surface area (Å²) >= 11 is 0. The van der Waals surface area contributed by atoms with Crippen LogP contribution in [0, 0.1) is 5.92 Å².